The number of fused-ring (bicyclic) bond motifs is 1. The summed E-state index contributed by atoms with van der Waals surface area (Å²) in [5, 5.41) is 14.0. The Labute approximate surface area is 183 Å². The third-order valence-corrected chi connectivity index (χ3v) is 5.43. The summed E-state index contributed by atoms with van der Waals surface area (Å²) < 4.78 is 10.8. The van der Waals surface area contributed by atoms with Crippen LogP contribution in [0.25, 0.3) is 34.2 Å². The van der Waals surface area contributed by atoms with Crippen LogP contribution < -0.4 is 4.90 Å². The van der Waals surface area contributed by atoms with Gasteiger partial charge in [-0.2, -0.15) is 29.8 Å². The van der Waals surface area contributed by atoms with Crippen molar-refractivity contribution in [3.05, 3.63) is 60.9 Å². The number of rotatable bonds is 4. The highest BCUT2D eigenvalue weighted by atomic mass is 16.5. The van der Waals surface area contributed by atoms with Gasteiger partial charge in [-0.3, -0.25) is 4.68 Å². The van der Waals surface area contributed by atoms with E-state index in [-0.39, 0.29) is 0 Å². The molecule has 1 aliphatic heterocycles. The minimum absolute atomic E-state index is 0.494. The molecule has 0 aliphatic carbocycles. The molecule has 0 radical (unpaired) electrons. The van der Waals surface area contributed by atoms with Crippen molar-refractivity contribution in [3.63, 3.8) is 0 Å². The quantitative estimate of drug-likeness (QED) is 0.434. The minimum Gasteiger partial charge on any atom is -0.378 e. The van der Waals surface area contributed by atoms with Gasteiger partial charge >= 0.3 is 0 Å². The first-order chi connectivity index (χ1) is 15.7. The SMILES string of the molecule is Cn1ccc(-c2cc3nc(-n4ccc(-c5ccccc5)n4)nc(N4CCOCC4)n3n2)n1. The van der Waals surface area contributed by atoms with Gasteiger partial charge in [-0.1, -0.05) is 30.3 Å². The molecule has 32 heavy (non-hydrogen) atoms. The van der Waals surface area contributed by atoms with Gasteiger partial charge in [0.25, 0.3) is 5.95 Å². The molecule has 1 saturated heterocycles. The van der Waals surface area contributed by atoms with Crippen molar-refractivity contribution < 1.29 is 4.74 Å². The summed E-state index contributed by atoms with van der Waals surface area (Å²) >= 11 is 0. The van der Waals surface area contributed by atoms with E-state index in [2.05, 4.69) is 10.00 Å². The highest BCUT2D eigenvalue weighted by Gasteiger charge is 2.21. The number of nitrogens with zero attached hydrogens (tertiary/aromatic N) is 9. The van der Waals surface area contributed by atoms with Crippen molar-refractivity contribution >= 4 is 11.6 Å². The van der Waals surface area contributed by atoms with E-state index in [1.54, 1.807) is 13.9 Å². The lowest BCUT2D eigenvalue weighted by Crippen LogP contribution is -2.38. The number of aryl methyl sites for hydroxylation is 1. The molecule has 0 saturated carbocycles. The third kappa shape index (κ3) is 3.30. The highest BCUT2D eigenvalue weighted by Crippen LogP contribution is 2.23. The minimum atomic E-state index is 0.494. The molecule has 5 aromatic rings. The van der Waals surface area contributed by atoms with Crippen molar-refractivity contribution in [1.82, 2.24) is 39.1 Å². The Morgan fingerprint density at radius 3 is 2.41 bits per heavy atom. The van der Waals surface area contributed by atoms with Gasteiger partial charge in [-0.05, 0) is 12.1 Å². The average Bonchev–Trinajstić information content (AvgIpc) is 3.59. The Balaban J connectivity index is 1.47. The molecular weight excluding hydrogens is 406 g/mol. The maximum absolute atomic E-state index is 5.53. The molecule has 0 atom stereocenters. The van der Waals surface area contributed by atoms with Gasteiger partial charge in [0.15, 0.2) is 5.65 Å². The second kappa shape index (κ2) is 7.57. The van der Waals surface area contributed by atoms with Crippen LogP contribution in [0.3, 0.4) is 0 Å². The van der Waals surface area contributed by atoms with Gasteiger partial charge < -0.3 is 9.64 Å². The first kappa shape index (κ1) is 18.7. The molecule has 0 N–H and O–H groups in total. The van der Waals surface area contributed by atoms with Crippen LogP contribution >= 0.6 is 0 Å². The zero-order valence-electron chi connectivity index (χ0n) is 17.5. The van der Waals surface area contributed by atoms with Crippen LogP contribution in [-0.4, -0.2) is 65.4 Å². The average molecular weight is 427 g/mol. The maximum Gasteiger partial charge on any atom is 0.255 e. The molecule has 10 nitrogen and oxygen atoms in total. The molecule has 160 valence electrons. The van der Waals surface area contributed by atoms with Crippen LogP contribution in [0.2, 0.25) is 0 Å². The number of morpholine rings is 1. The van der Waals surface area contributed by atoms with E-state index in [4.69, 9.17) is 24.9 Å². The summed E-state index contributed by atoms with van der Waals surface area (Å²) in [7, 11) is 1.89. The normalized spacial score (nSPS) is 14.3. The van der Waals surface area contributed by atoms with E-state index in [1.807, 2.05) is 68.0 Å². The second-order valence-corrected chi connectivity index (χ2v) is 7.61. The van der Waals surface area contributed by atoms with E-state index in [0.29, 0.717) is 30.8 Å². The van der Waals surface area contributed by atoms with Gasteiger partial charge in [0.05, 0.1) is 18.9 Å². The molecule has 4 aromatic heterocycles. The predicted molar refractivity (Wildman–Crippen MR) is 119 cm³/mol. The summed E-state index contributed by atoms with van der Waals surface area (Å²) in [5.41, 5.74) is 4.14. The number of hydrogen-bond acceptors (Lipinski definition) is 7. The van der Waals surface area contributed by atoms with Crippen molar-refractivity contribution in [2.45, 2.75) is 0 Å². The van der Waals surface area contributed by atoms with E-state index in [9.17, 15) is 0 Å². The fraction of sp³-hybridized carbons (Fsp3) is 0.227. The molecule has 1 aromatic carbocycles. The Morgan fingerprint density at radius 2 is 1.62 bits per heavy atom. The fourth-order valence-corrected chi connectivity index (χ4v) is 3.81. The van der Waals surface area contributed by atoms with E-state index >= 15 is 0 Å². The maximum atomic E-state index is 5.53. The summed E-state index contributed by atoms with van der Waals surface area (Å²) in [6.45, 7) is 2.77. The Bertz CT molecular complexity index is 1380. The van der Waals surface area contributed by atoms with Crippen LogP contribution in [-0.2, 0) is 11.8 Å². The lowest BCUT2D eigenvalue weighted by atomic mass is 10.2. The molecule has 1 fully saturated rings. The molecule has 6 rings (SSSR count). The van der Waals surface area contributed by atoms with E-state index in [1.165, 1.54) is 0 Å². The Morgan fingerprint density at radius 1 is 0.812 bits per heavy atom. The summed E-state index contributed by atoms with van der Waals surface area (Å²) in [6, 6.07) is 15.9. The molecule has 0 unspecified atom stereocenters. The zero-order valence-corrected chi connectivity index (χ0v) is 17.5. The largest absolute Gasteiger partial charge is 0.378 e. The van der Waals surface area contributed by atoms with Crippen LogP contribution in [0.5, 0.6) is 0 Å². The van der Waals surface area contributed by atoms with Gasteiger partial charge in [-0.15, -0.1) is 0 Å². The first-order valence-corrected chi connectivity index (χ1v) is 10.5. The van der Waals surface area contributed by atoms with E-state index < -0.39 is 0 Å². The molecule has 5 heterocycles. The molecule has 0 amide bonds. The monoisotopic (exact) mass is 427 g/mol. The van der Waals surface area contributed by atoms with Gasteiger partial charge in [0.1, 0.15) is 11.4 Å². The fourth-order valence-electron chi connectivity index (χ4n) is 3.81. The van der Waals surface area contributed by atoms with Crippen molar-refractivity contribution in [2.75, 3.05) is 31.2 Å². The number of benzene rings is 1. The van der Waals surface area contributed by atoms with Crippen LogP contribution in [0, 0.1) is 0 Å². The topological polar surface area (TPSA) is 91.2 Å². The second-order valence-electron chi connectivity index (χ2n) is 7.61. The third-order valence-electron chi connectivity index (χ3n) is 5.43. The van der Waals surface area contributed by atoms with Crippen molar-refractivity contribution in [2.24, 2.45) is 7.05 Å². The zero-order chi connectivity index (χ0) is 21.5. The van der Waals surface area contributed by atoms with Crippen LogP contribution in [0.1, 0.15) is 0 Å². The summed E-state index contributed by atoms with van der Waals surface area (Å²) in [6.07, 6.45) is 3.78. The van der Waals surface area contributed by atoms with E-state index in [0.717, 1.165) is 35.7 Å². The lowest BCUT2D eigenvalue weighted by Gasteiger charge is -2.27. The first-order valence-electron chi connectivity index (χ1n) is 10.5. The number of anilines is 1. The smallest absolute Gasteiger partial charge is 0.255 e. The van der Waals surface area contributed by atoms with Gasteiger partial charge in [0.2, 0.25) is 5.95 Å². The summed E-state index contributed by atoms with van der Waals surface area (Å²) in [4.78, 5) is 11.8. The van der Waals surface area contributed by atoms with Gasteiger partial charge in [0, 0.05) is 44.2 Å². The molecular formula is C22H21N9O. The molecule has 0 bridgehead atoms. The van der Waals surface area contributed by atoms with Crippen molar-refractivity contribution in [1.29, 1.82) is 0 Å². The van der Waals surface area contributed by atoms with Crippen LogP contribution in [0.4, 0.5) is 5.95 Å². The lowest BCUT2D eigenvalue weighted by molar-refractivity contribution is 0.121. The number of hydrogen-bond donors (Lipinski definition) is 0. The Kier molecular flexibility index (Phi) is 4.43. The van der Waals surface area contributed by atoms with Gasteiger partial charge in [-0.25, -0.2) is 4.68 Å². The molecule has 0 spiro atoms. The predicted octanol–water partition coefficient (Wildman–Crippen LogP) is 2.21. The molecule has 1 aliphatic rings. The number of ether oxygens (including phenoxy) is 1. The molecule has 10 heteroatoms. The number of aromatic nitrogens is 8. The summed E-state index contributed by atoms with van der Waals surface area (Å²) in [5.74, 6) is 1.21. The standard InChI is InChI=1S/C22H21N9O/c1-28-9-7-18(25-28)19-15-20-23-21(24-22(31(20)27-19)29-11-13-32-14-12-29)30-10-8-17(26-30)16-5-3-2-4-6-16/h2-10,15H,11-14H2,1H3. The van der Waals surface area contributed by atoms with Crippen LogP contribution in [0.15, 0.2) is 60.9 Å². The Hall–Kier alpha value is -4.05. The van der Waals surface area contributed by atoms with Crippen molar-refractivity contribution in [3.8, 4) is 28.6 Å². The highest BCUT2D eigenvalue weighted by molar-refractivity contribution is 5.63.